The number of anilines is 8. The zero-order chi connectivity index (χ0) is 56.3. The third-order valence-corrected chi connectivity index (χ3v) is 18.3. The summed E-state index contributed by atoms with van der Waals surface area (Å²) in [5.41, 5.74) is 32.5. The third-order valence-electron chi connectivity index (χ3n) is 18.3. The van der Waals surface area contributed by atoms with Crippen LogP contribution < -0.4 is 19.6 Å². The van der Waals surface area contributed by atoms with E-state index < -0.39 is 5.41 Å². The summed E-state index contributed by atoms with van der Waals surface area (Å²) >= 11 is 0. The van der Waals surface area contributed by atoms with Crippen LogP contribution >= 0.6 is 0 Å². The van der Waals surface area contributed by atoms with Crippen molar-refractivity contribution in [2.45, 2.75) is 98.3 Å². The Labute approximate surface area is 492 Å². The average molecular weight is 1080 g/mol. The molecule has 0 radical (unpaired) electrons. The lowest BCUT2D eigenvalue weighted by molar-refractivity contribution is 0.771. The quantitative estimate of drug-likeness (QED) is 0.121. The van der Waals surface area contributed by atoms with Crippen molar-refractivity contribution < 1.29 is 0 Å². The van der Waals surface area contributed by atoms with Crippen molar-refractivity contribution in [1.29, 1.82) is 0 Å². The summed E-state index contributed by atoms with van der Waals surface area (Å²) < 4.78 is 0. The Hall–Kier alpha value is -9.12. The zero-order valence-corrected chi connectivity index (χ0v) is 48.9. The fourth-order valence-corrected chi connectivity index (χ4v) is 14.0. The van der Waals surface area contributed by atoms with Crippen LogP contribution in [0.5, 0.6) is 0 Å². The van der Waals surface area contributed by atoms with Crippen LogP contribution in [0.2, 0.25) is 0 Å². The highest BCUT2D eigenvalue weighted by molar-refractivity contribution is 5.99. The molecule has 4 heteroatoms. The van der Waals surface area contributed by atoms with E-state index in [1.807, 2.05) is 0 Å². The first-order valence-corrected chi connectivity index (χ1v) is 30.1. The van der Waals surface area contributed by atoms with Crippen molar-refractivity contribution in [1.82, 2.24) is 0 Å². The van der Waals surface area contributed by atoms with Crippen LogP contribution in [-0.4, -0.2) is 0 Å². The van der Waals surface area contributed by atoms with Gasteiger partial charge in [0.1, 0.15) is 0 Å². The van der Waals surface area contributed by atoms with Crippen molar-refractivity contribution in [2.24, 2.45) is 0 Å². The molecule has 0 unspecified atom stereocenters. The molecule has 6 aliphatic rings. The van der Waals surface area contributed by atoms with Gasteiger partial charge in [0.25, 0.3) is 0 Å². The maximum atomic E-state index is 2.64. The number of allylic oxidation sites excluding steroid dienone is 16. The summed E-state index contributed by atoms with van der Waals surface area (Å²) in [5.74, 6) is 0. The van der Waals surface area contributed by atoms with E-state index in [1.54, 1.807) is 0 Å². The number of para-hydroxylation sites is 2. The van der Waals surface area contributed by atoms with E-state index in [2.05, 4.69) is 292 Å². The normalized spacial score (nSPS) is 16.5. The maximum Gasteiger partial charge on any atom is 0.0725 e. The van der Waals surface area contributed by atoms with Crippen LogP contribution in [-0.2, 0) is 5.41 Å². The van der Waals surface area contributed by atoms with Crippen LogP contribution in [0.25, 0.3) is 16.7 Å². The average Bonchev–Trinajstić information content (AvgIpc) is 2.28. The number of nitrogens with zero attached hydrogens (tertiary/aromatic N) is 4. The molecule has 0 N–H and O–H groups in total. The predicted molar refractivity (Wildman–Crippen MR) is 351 cm³/mol. The predicted octanol–water partition coefficient (Wildman–Crippen LogP) is 21.5. The molecule has 8 aromatic carbocycles. The van der Waals surface area contributed by atoms with Crippen molar-refractivity contribution in [2.75, 3.05) is 19.6 Å². The molecule has 0 fully saturated rings. The highest BCUT2D eigenvalue weighted by atomic mass is 15.2. The monoisotopic (exact) mass is 1080 g/mol. The minimum Gasteiger partial charge on any atom is -0.314 e. The van der Waals surface area contributed by atoms with Gasteiger partial charge in [0, 0.05) is 68.3 Å². The number of hydrogen-bond acceptors (Lipinski definition) is 4. The second kappa shape index (κ2) is 21.3. The second-order valence-electron chi connectivity index (χ2n) is 24.0. The number of rotatable bonds is 12. The standard InChI is InChI=1S/C79H72N4/c1-53-17-29-61(30-18-53)80(59-13-9-7-10-14-59)67-41-45-71-72-46-42-68(81(60-15-11-8-12-16-60)62-31-19-54(2)20-32-62)50-76(72)79(75(71)49-67)77-51-69(82(63-33-21-55(3)22-34-63)64-35-23-56(4)24-36-64)43-47-73(77)74-48-44-70(52-78(74)79)83(65-37-25-57(5)26-38-65)66-39-27-58(6)28-40-66/h7-17,19,21-27,29,31,33-39,41-42,44-46,48-52H,18,20,28,30,32,40,43,47H2,1-6H3. The molecule has 0 aliphatic heterocycles. The van der Waals surface area contributed by atoms with Gasteiger partial charge in [-0.05, 0) is 259 Å². The van der Waals surface area contributed by atoms with Gasteiger partial charge in [0.05, 0.1) is 5.41 Å². The summed E-state index contributed by atoms with van der Waals surface area (Å²) in [5, 5.41) is 0. The molecular formula is C79H72N4. The van der Waals surface area contributed by atoms with Gasteiger partial charge in [0.2, 0.25) is 0 Å². The Balaban J connectivity index is 1.08. The number of fused-ring (bicyclic) bond motifs is 9. The van der Waals surface area contributed by atoms with Crippen LogP contribution in [0.4, 0.5) is 45.5 Å². The molecule has 0 saturated heterocycles. The Morgan fingerprint density at radius 1 is 0.277 bits per heavy atom. The fourth-order valence-electron chi connectivity index (χ4n) is 14.0. The summed E-state index contributed by atoms with van der Waals surface area (Å²) in [7, 11) is 0. The first-order chi connectivity index (χ1) is 40.6. The molecule has 0 aromatic heterocycles. The summed E-state index contributed by atoms with van der Waals surface area (Å²) in [6, 6.07) is 72.0. The van der Waals surface area contributed by atoms with E-state index in [0.29, 0.717) is 0 Å². The molecule has 0 bridgehead atoms. The molecule has 83 heavy (non-hydrogen) atoms. The van der Waals surface area contributed by atoms with E-state index in [9.17, 15) is 0 Å². The minimum absolute atomic E-state index is 0.731. The van der Waals surface area contributed by atoms with Crippen LogP contribution in [0.15, 0.2) is 276 Å². The lowest BCUT2D eigenvalue weighted by atomic mass is 9.68. The zero-order valence-electron chi connectivity index (χ0n) is 48.9. The Kier molecular flexibility index (Phi) is 13.4. The van der Waals surface area contributed by atoms with Gasteiger partial charge >= 0.3 is 0 Å². The molecule has 8 aromatic rings. The minimum atomic E-state index is -0.731. The Morgan fingerprint density at radius 3 is 0.952 bits per heavy atom. The molecule has 0 heterocycles. The maximum absolute atomic E-state index is 2.64. The molecule has 6 aliphatic carbocycles. The van der Waals surface area contributed by atoms with Crippen molar-refractivity contribution in [3.63, 3.8) is 0 Å². The number of hydrogen-bond donors (Lipinski definition) is 0. The number of benzene rings is 8. The molecular weight excluding hydrogens is 1000 g/mol. The number of aryl methyl sites for hydroxylation is 3. The SMILES string of the molecule is CC1=CC=C(N(c2ccc(C)cc2)c2ccc3c(c2)C2(C4=C3CCC(N(c3ccc(C)cc3)c3ccc(C)cc3)=C4)c3cc(N(C4=CC=C(C)CC4)c4ccccc4)ccc3-c3ccc(N(C4=CC=C(C)CC4)c4ccccc4)cc32)CC1. The lowest BCUT2D eigenvalue weighted by Crippen LogP contribution is -2.30. The van der Waals surface area contributed by atoms with E-state index in [4.69, 9.17) is 0 Å². The highest BCUT2D eigenvalue weighted by Gasteiger charge is 2.54. The molecule has 0 atom stereocenters. The van der Waals surface area contributed by atoms with Gasteiger partial charge in [-0.25, -0.2) is 0 Å². The van der Waals surface area contributed by atoms with Crippen LogP contribution in [0.3, 0.4) is 0 Å². The highest BCUT2D eigenvalue weighted by Crippen LogP contribution is 2.66. The first kappa shape index (κ1) is 52.0. The van der Waals surface area contributed by atoms with Gasteiger partial charge < -0.3 is 19.6 Å². The first-order valence-electron chi connectivity index (χ1n) is 30.1. The van der Waals surface area contributed by atoms with Crippen molar-refractivity contribution >= 4 is 51.1 Å². The van der Waals surface area contributed by atoms with Crippen molar-refractivity contribution in [3.8, 4) is 11.1 Å². The molecule has 1 spiro atoms. The van der Waals surface area contributed by atoms with Crippen LogP contribution in [0, 0.1) is 20.8 Å². The van der Waals surface area contributed by atoms with E-state index in [0.717, 1.165) is 51.4 Å². The second-order valence-corrected chi connectivity index (χ2v) is 24.0. The molecule has 408 valence electrons. The largest absolute Gasteiger partial charge is 0.314 e. The third kappa shape index (κ3) is 9.26. The van der Waals surface area contributed by atoms with Gasteiger partial charge in [-0.1, -0.05) is 143 Å². The van der Waals surface area contributed by atoms with E-state index >= 15 is 0 Å². The summed E-state index contributed by atoms with van der Waals surface area (Å²) in [4.78, 5) is 10.2. The summed E-state index contributed by atoms with van der Waals surface area (Å²) in [6.07, 6.45) is 24.5. The lowest BCUT2D eigenvalue weighted by Gasteiger charge is -2.37. The molecule has 14 rings (SSSR count). The van der Waals surface area contributed by atoms with Crippen LogP contribution in [0.1, 0.15) is 111 Å². The topological polar surface area (TPSA) is 13.0 Å². The molecule has 4 nitrogen and oxygen atoms in total. The Bertz CT molecular complexity index is 3950. The van der Waals surface area contributed by atoms with E-state index in [1.165, 1.54) is 146 Å². The molecule has 0 saturated carbocycles. The smallest absolute Gasteiger partial charge is 0.0725 e. The summed E-state index contributed by atoms with van der Waals surface area (Å²) in [6.45, 7) is 13.4. The van der Waals surface area contributed by atoms with Gasteiger partial charge in [-0.2, -0.15) is 0 Å². The fraction of sp³-hybridized carbons (Fsp3) is 0.190. The van der Waals surface area contributed by atoms with Crippen molar-refractivity contribution in [3.05, 3.63) is 315 Å². The van der Waals surface area contributed by atoms with Gasteiger partial charge in [0.15, 0.2) is 0 Å². The molecule has 0 amide bonds. The van der Waals surface area contributed by atoms with E-state index in [-0.39, 0.29) is 0 Å². The Morgan fingerprint density at radius 2 is 0.590 bits per heavy atom. The van der Waals surface area contributed by atoms with Gasteiger partial charge in [-0.3, -0.25) is 0 Å². The van der Waals surface area contributed by atoms with Gasteiger partial charge in [-0.15, -0.1) is 0 Å².